The van der Waals surface area contributed by atoms with Crippen molar-refractivity contribution in [2.24, 2.45) is 12.1 Å². The third kappa shape index (κ3) is 4.60. The first-order valence-corrected chi connectivity index (χ1v) is 11.1. The Morgan fingerprint density at radius 1 is 1.23 bits per heavy atom. The number of para-hydroxylation sites is 1. The van der Waals surface area contributed by atoms with Crippen LogP contribution in [0.4, 0.5) is 0 Å². The van der Waals surface area contributed by atoms with E-state index in [9.17, 15) is 13.2 Å². The van der Waals surface area contributed by atoms with Crippen LogP contribution in [0.25, 0.3) is 10.2 Å². The number of hydrogen-bond donors (Lipinski definition) is 1. The predicted octanol–water partition coefficient (Wildman–Crippen LogP) is 2.55. The van der Waals surface area contributed by atoms with Crippen molar-refractivity contribution in [2.45, 2.75) is 5.75 Å². The van der Waals surface area contributed by atoms with Crippen LogP contribution in [0, 0.1) is 0 Å². The monoisotopic (exact) mass is 453 g/mol. The largest absolute Gasteiger partial charge is 0.318 e. The van der Waals surface area contributed by atoms with E-state index in [1.807, 2.05) is 41.9 Å². The highest BCUT2D eigenvalue weighted by molar-refractivity contribution is 9.10. The lowest BCUT2D eigenvalue weighted by Crippen LogP contribution is -2.29. The molecule has 0 saturated heterocycles. The fraction of sp³-hybridized carbons (Fsp3) is 0.176. The molecule has 0 unspecified atom stereocenters. The van der Waals surface area contributed by atoms with E-state index in [0.717, 1.165) is 14.7 Å². The summed E-state index contributed by atoms with van der Waals surface area (Å²) in [4.78, 5) is 12.6. The molecule has 1 aromatic heterocycles. The summed E-state index contributed by atoms with van der Waals surface area (Å²) < 4.78 is 28.1. The minimum absolute atomic E-state index is 0.198. The Hall–Kier alpha value is -1.97. The standard InChI is InChI=1S/C17H16BrN3O3S2/c1-21-14-7-2-3-8-15(14)25-17(21)20-19-16(22)11-26(23,24)10-12-5-4-6-13(18)9-12/h2-9H,10-11H2,1H3,(H,19,22). The maximum atomic E-state index is 12.2. The molecule has 2 aromatic carbocycles. The Kier molecular flexibility index (Phi) is 5.59. The van der Waals surface area contributed by atoms with Gasteiger partial charge < -0.3 is 4.57 Å². The zero-order chi connectivity index (χ0) is 18.7. The summed E-state index contributed by atoms with van der Waals surface area (Å²) in [7, 11) is -1.74. The maximum absolute atomic E-state index is 12.2. The van der Waals surface area contributed by atoms with Crippen LogP contribution in [-0.4, -0.2) is 24.6 Å². The SMILES string of the molecule is Cn1c(=NNC(=O)CS(=O)(=O)Cc2cccc(Br)c2)sc2ccccc21. The molecule has 9 heteroatoms. The highest BCUT2D eigenvalue weighted by atomic mass is 79.9. The highest BCUT2D eigenvalue weighted by Crippen LogP contribution is 2.15. The van der Waals surface area contributed by atoms with E-state index in [4.69, 9.17) is 0 Å². The van der Waals surface area contributed by atoms with Crippen LogP contribution in [0.2, 0.25) is 0 Å². The van der Waals surface area contributed by atoms with Gasteiger partial charge in [0.25, 0.3) is 5.91 Å². The van der Waals surface area contributed by atoms with Crippen molar-refractivity contribution in [3.05, 3.63) is 63.4 Å². The fourth-order valence-corrected chi connectivity index (χ4v) is 5.14. The van der Waals surface area contributed by atoms with Crippen LogP contribution < -0.4 is 10.2 Å². The zero-order valence-electron chi connectivity index (χ0n) is 13.8. The van der Waals surface area contributed by atoms with Gasteiger partial charge in [0.15, 0.2) is 9.84 Å². The minimum Gasteiger partial charge on any atom is -0.318 e. The van der Waals surface area contributed by atoms with Gasteiger partial charge in [-0.2, -0.15) is 0 Å². The maximum Gasteiger partial charge on any atom is 0.255 e. The second-order valence-corrected chi connectivity index (χ2v) is 9.71. The van der Waals surface area contributed by atoms with Gasteiger partial charge in [-0.05, 0) is 29.8 Å². The molecule has 1 N–H and O–H groups in total. The number of carbonyl (C=O) groups excluding carboxylic acids is 1. The van der Waals surface area contributed by atoms with Gasteiger partial charge in [0.2, 0.25) is 4.80 Å². The van der Waals surface area contributed by atoms with E-state index in [-0.39, 0.29) is 5.75 Å². The molecular formula is C17H16BrN3O3S2. The van der Waals surface area contributed by atoms with E-state index < -0.39 is 21.5 Å². The van der Waals surface area contributed by atoms with Crippen LogP contribution in [0.1, 0.15) is 5.56 Å². The lowest BCUT2D eigenvalue weighted by atomic mass is 10.2. The van der Waals surface area contributed by atoms with E-state index >= 15 is 0 Å². The molecule has 1 heterocycles. The highest BCUT2D eigenvalue weighted by Gasteiger charge is 2.17. The number of thiazole rings is 1. The van der Waals surface area contributed by atoms with Gasteiger partial charge in [0, 0.05) is 11.5 Å². The third-order valence-corrected chi connectivity index (χ3v) is 6.70. The summed E-state index contributed by atoms with van der Waals surface area (Å²) in [5, 5.41) is 4.06. The van der Waals surface area contributed by atoms with Gasteiger partial charge in [0.05, 0.1) is 16.0 Å². The number of rotatable bonds is 5. The second-order valence-electron chi connectivity index (χ2n) is 5.72. The first-order valence-electron chi connectivity index (χ1n) is 7.66. The first-order chi connectivity index (χ1) is 12.3. The van der Waals surface area contributed by atoms with Crippen molar-refractivity contribution in [1.29, 1.82) is 0 Å². The van der Waals surface area contributed by atoms with Gasteiger partial charge in [0.1, 0.15) is 5.75 Å². The second kappa shape index (κ2) is 7.73. The summed E-state index contributed by atoms with van der Waals surface area (Å²) in [6.07, 6.45) is 0. The number of hydrogen-bond acceptors (Lipinski definition) is 5. The molecule has 0 bridgehead atoms. The molecule has 0 aliphatic heterocycles. The van der Waals surface area contributed by atoms with Crippen molar-refractivity contribution in [3.8, 4) is 0 Å². The quantitative estimate of drug-likeness (QED) is 0.602. The lowest BCUT2D eigenvalue weighted by Gasteiger charge is -2.04. The van der Waals surface area contributed by atoms with Crippen LogP contribution in [-0.2, 0) is 27.4 Å². The number of fused-ring (bicyclic) bond motifs is 1. The Bertz CT molecular complexity index is 1130. The molecule has 1 amide bonds. The molecule has 0 aliphatic rings. The number of aryl methyl sites for hydroxylation is 1. The molecule has 0 fully saturated rings. The van der Waals surface area contributed by atoms with Gasteiger partial charge >= 0.3 is 0 Å². The molecule has 6 nitrogen and oxygen atoms in total. The molecule has 0 spiro atoms. The summed E-state index contributed by atoms with van der Waals surface area (Å²) in [5.74, 6) is -1.47. The Labute approximate surface area is 163 Å². The van der Waals surface area contributed by atoms with Gasteiger partial charge in [-0.1, -0.05) is 51.5 Å². The number of carbonyl (C=O) groups is 1. The molecule has 3 aromatic rings. The molecule has 26 heavy (non-hydrogen) atoms. The lowest BCUT2D eigenvalue weighted by molar-refractivity contribution is -0.118. The average molecular weight is 454 g/mol. The van der Waals surface area contributed by atoms with E-state index in [2.05, 4.69) is 26.5 Å². The van der Waals surface area contributed by atoms with Gasteiger partial charge in [-0.25, -0.2) is 13.8 Å². The molecule has 0 aliphatic carbocycles. The van der Waals surface area contributed by atoms with Crippen LogP contribution >= 0.6 is 27.3 Å². The van der Waals surface area contributed by atoms with Crippen LogP contribution in [0.15, 0.2) is 58.1 Å². The topological polar surface area (TPSA) is 80.5 Å². The molecule has 0 radical (unpaired) electrons. The van der Waals surface area contributed by atoms with Crippen molar-refractivity contribution < 1.29 is 13.2 Å². The Morgan fingerprint density at radius 2 is 2.00 bits per heavy atom. The number of halogens is 1. The molecule has 3 rings (SSSR count). The fourth-order valence-electron chi connectivity index (χ4n) is 2.46. The third-order valence-electron chi connectivity index (χ3n) is 3.62. The van der Waals surface area contributed by atoms with Crippen LogP contribution in [0.3, 0.4) is 0 Å². The van der Waals surface area contributed by atoms with Crippen LogP contribution in [0.5, 0.6) is 0 Å². The number of nitrogens with zero attached hydrogens (tertiary/aromatic N) is 2. The van der Waals surface area contributed by atoms with E-state index in [1.54, 1.807) is 18.2 Å². The number of benzene rings is 2. The Morgan fingerprint density at radius 3 is 2.73 bits per heavy atom. The molecular weight excluding hydrogens is 438 g/mol. The van der Waals surface area contributed by atoms with Crippen molar-refractivity contribution in [2.75, 3.05) is 5.75 Å². The normalized spacial score (nSPS) is 12.5. The van der Waals surface area contributed by atoms with Crippen molar-refractivity contribution in [1.82, 2.24) is 9.99 Å². The number of aromatic nitrogens is 1. The zero-order valence-corrected chi connectivity index (χ0v) is 17.1. The van der Waals surface area contributed by atoms with E-state index in [0.29, 0.717) is 10.4 Å². The first kappa shape index (κ1) is 18.8. The molecule has 0 saturated carbocycles. The van der Waals surface area contributed by atoms with Gasteiger partial charge in [-0.3, -0.25) is 4.79 Å². The number of nitrogens with one attached hydrogen (secondary N) is 1. The van der Waals surface area contributed by atoms with E-state index in [1.165, 1.54) is 11.3 Å². The summed E-state index contributed by atoms with van der Waals surface area (Å²) >= 11 is 4.72. The van der Waals surface area contributed by atoms with Crippen molar-refractivity contribution in [3.63, 3.8) is 0 Å². The summed E-state index contributed by atoms with van der Waals surface area (Å²) in [6, 6.07) is 14.8. The molecule has 136 valence electrons. The summed E-state index contributed by atoms with van der Waals surface area (Å²) in [5.41, 5.74) is 3.96. The summed E-state index contributed by atoms with van der Waals surface area (Å²) in [6.45, 7) is 0. The average Bonchev–Trinajstić information content (AvgIpc) is 2.89. The number of sulfone groups is 1. The number of amides is 1. The predicted molar refractivity (Wildman–Crippen MR) is 106 cm³/mol. The minimum atomic E-state index is -3.59. The van der Waals surface area contributed by atoms with Gasteiger partial charge in [-0.15, -0.1) is 5.10 Å². The molecule has 0 atom stereocenters. The smallest absolute Gasteiger partial charge is 0.255 e. The Balaban J connectivity index is 1.70. The van der Waals surface area contributed by atoms with Crippen molar-refractivity contribution >= 4 is 53.2 Å².